The summed E-state index contributed by atoms with van der Waals surface area (Å²) in [5, 5.41) is 0. The average Bonchev–Trinajstić information content (AvgIpc) is 2.80. The van der Waals surface area contributed by atoms with Gasteiger partial charge in [0.2, 0.25) is 10.0 Å². The van der Waals surface area contributed by atoms with Crippen molar-refractivity contribution in [3.05, 3.63) is 29.8 Å². The number of benzene rings is 1. The summed E-state index contributed by atoms with van der Waals surface area (Å²) in [7, 11) is -3.50. The molecule has 0 bridgehead atoms. The lowest BCUT2D eigenvalue weighted by Crippen LogP contribution is -2.45. The first kappa shape index (κ1) is 23.7. The molecule has 0 N–H and O–H groups in total. The normalized spacial score (nSPS) is 26.9. The number of hydrogen-bond donors (Lipinski definition) is 0. The Bertz CT molecular complexity index is 878. The zero-order valence-electron chi connectivity index (χ0n) is 19.7. The van der Waals surface area contributed by atoms with Crippen LogP contribution in [0.15, 0.2) is 29.2 Å². The highest BCUT2D eigenvalue weighted by molar-refractivity contribution is 7.89. The predicted molar refractivity (Wildman–Crippen MR) is 127 cm³/mol. The number of hydrogen-bond acceptors (Lipinski definition) is 4. The van der Waals surface area contributed by atoms with Crippen molar-refractivity contribution in [1.29, 1.82) is 0 Å². The second-order valence-electron chi connectivity index (χ2n) is 10.2. The van der Waals surface area contributed by atoms with Crippen LogP contribution in [-0.2, 0) is 10.0 Å². The van der Waals surface area contributed by atoms with Crippen LogP contribution >= 0.6 is 0 Å². The Balaban J connectivity index is 1.37. The van der Waals surface area contributed by atoms with Gasteiger partial charge < -0.3 is 9.80 Å². The van der Waals surface area contributed by atoms with E-state index in [4.69, 9.17) is 0 Å². The molecule has 0 aliphatic carbocycles. The van der Waals surface area contributed by atoms with Crippen LogP contribution in [0.25, 0.3) is 0 Å². The van der Waals surface area contributed by atoms with Crippen LogP contribution in [0.5, 0.6) is 0 Å². The molecule has 0 radical (unpaired) electrons. The van der Waals surface area contributed by atoms with Gasteiger partial charge in [0.25, 0.3) is 5.91 Å². The van der Waals surface area contributed by atoms with E-state index in [1.54, 1.807) is 28.6 Å². The molecule has 3 aliphatic heterocycles. The fourth-order valence-corrected chi connectivity index (χ4v) is 7.22. The molecular formula is C25H39N3O3S. The molecule has 0 saturated carbocycles. The lowest BCUT2D eigenvalue weighted by molar-refractivity contribution is 0.0622. The maximum absolute atomic E-state index is 13.1. The molecular weight excluding hydrogens is 422 g/mol. The minimum atomic E-state index is -3.50. The van der Waals surface area contributed by atoms with Crippen molar-refractivity contribution in [2.24, 2.45) is 11.8 Å². The molecule has 2 atom stereocenters. The van der Waals surface area contributed by atoms with Gasteiger partial charge in [0.1, 0.15) is 0 Å². The van der Waals surface area contributed by atoms with Crippen LogP contribution in [0.3, 0.4) is 0 Å². The largest absolute Gasteiger partial charge is 0.338 e. The third-order valence-electron chi connectivity index (χ3n) is 7.65. The van der Waals surface area contributed by atoms with Gasteiger partial charge in [0.15, 0.2) is 0 Å². The second kappa shape index (κ2) is 10.2. The number of carbonyl (C=O) groups is 1. The minimum absolute atomic E-state index is 0.0252. The van der Waals surface area contributed by atoms with E-state index in [1.807, 2.05) is 11.8 Å². The van der Waals surface area contributed by atoms with Crippen LogP contribution < -0.4 is 0 Å². The summed E-state index contributed by atoms with van der Waals surface area (Å²) in [6.45, 7) is 9.92. The van der Waals surface area contributed by atoms with Gasteiger partial charge in [0.05, 0.1) is 4.90 Å². The first-order chi connectivity index (χ1) is 15.3. The van der Waals surface area contributed by atoms with Crippen molar-refractivity contribution in [3.8, 4) is 0 Å². The molecule has 6 nitrogen and oxygen atoms in total. The van der Waals surface area contributed by atoms with Crippen molar-refractivity contribution in [2.75, 3.05) is 39.3 Å². The van der Waals surface area contributed by atoms with Crippen molar-refractivity contribution in [2.45, 2.75) is 69.7 Å². The molecule has 7 heteroatoms. The smallest absolute Gasteiger partial charge is 0.253 e. The zero-order chi connectivity index (χ0) is 22.7. The van der Waals surface area contributed by atoms with Gasteiger partial charge in [-0.3, -0.25) is 4.79 Å². The molecule has 3 fully saturated rings. The molecule has 0 unspecified atom stereocenters. The molecule has 0 aromatic heterocycles. The zero-order valence-corrected chi connectivity index (χ0v) is 20.5. The molecule has 178 valence electrons. The Kier molecular flexibility index (Phi) is 7.58. The molecule has 1 amide bonds. The van der Waals surface area contributed by atoms with Crippen LogP contribution in [0.4, 0.5) is 0 Å². The Morgan fingerprint density at radius 1 is 0.906 bits per heavy atom. The molecule has 0 spiro atoms. The topological polar surface area (TPSA) is 60.9 Å². The quantitative estimate of drug-likeness (QED) is 0.669. The monoisotopic (exact) mass is 461 g/mol. The van der Waals surface area contributed by atoms with Crippen molar-refractivity contribution < 1.29 is 13.2 Å². The average molecular weight is 462 g/mol. The van der Waals surface area contributed by atoms with Crippen LogP contribution in [0.1, 0.15) is 69.2 Å². The molecule has 1 aromatic rings. The summed E-state index contributed by atoms with van der Waals surface area (Å²) < 4.78 is 27.7. The van der Waals surface area contributed by atoms with E-state index in [9.17, 15) is 13.2 Å². The number of rotatable bonds is 5. The standard InChI is InChI=1S/C25H39N3O3S/c1-20-12-16-26(17-13-20)18-22-7-5-14-27(19-22)25(29)23-8-10-24(11-9-23)32(30,31)28-15-4-3-6-21(28)2/h8-11,20-22H,3-7,12-19H2,1-2H3/t21-,22-/m1/s1. The van der Waals surface area contributed by atoms with Crippen molar-refractivity contribution >= 4 is 15.9 Å². The molecule has 32 heavy (non-hydrogen) atoms. The van der Waals surface area contributed by atoms with Crippen LogP contribution in [0, 0.1) is 11.8 Å². The van der Waals surface area contributed by atoms with Gasteiger partial charge >= 0.3 is 0 Å². The highest BCUT2D eigenvalue weighted by Crippen LogP contribution is 2.26. The van der Waals surface area contributed by atoms with E-state index in [2.05, 4.69) is 11.8 Å². The van der Waals surface area contributed by atoms with E-state index >= 15 is 0 Å². The van der Waals surface area contributed by atoms with Gasteiger partial charge in [-0.05, 0) is 94.6 Å². The van der Waals surface area contributed by atoms with E-state index in [1.165, 1.54) is 32.4 Å². The van der Waals surface area contributed by atoms with Gasteiger partial charge in [-0.25, -0.2) is 8.42 Å². The summed E-state index contributed by atoms with van der Waals surface area (Å²) in [6, 6.07) is 6.64. The number of amides is 1. The number of piperidine rings is 3. The third kappa shape index (κ3) is 5.37. The Morgan fingerprint density at radius 3 is 2.31 bits per heavy atom. The van der Waals surface area contributed by atoms with E-state index < -0.39 is 10.0 Å². The lowest BCUT2D eigenvalue weighted by Gasteiger charge is -2.38. The van der Waals surface area contributed by atoms with E-state index in [0.717, 1.165) is 51.2 Å². The Morgan fingerprint density at radius 2 is 1.62 bits per heavy atom. The van der Waals surface area contributed by atoms with Gasteiger partial charge in [-0.15, -0.1) is 0 Å². The van der Waals surface area contributed by atoms with Gasteiger partial charge in [-0.2, -0.15) is 4.31 Å². The first-order valence-electron chi connectivity index (χ1n) is 12.5. The number of likely N-dealkylation sites (tertiary alicyclic amines) is 2. The van der Waals surface area contributed by atoms with E-state index in [0.29, 0.717) is 22.9 Å². The molecule has 3 heterocycles. The maximum atomic E-state index is 13.1. The van der Waals surface area contributed by atoms with Crippen molar-refractivity contribution in [1.82, 2.24) is 14.1 Å². The van der Waals surface area contributed by atoms with Crippen LogP contribution in [-0.4, -0.2) is 73.7 Å². The molecule has 1 aromatic carbocycles. The predicted octanol–water partition coefficient (Wildman–Crippen LogP) is 3.83. The number of nitrogens with zero attached hydrogens (tertiary/aromatic N) is 3. The fourth-order valence-electron chi connectivity index (χ4n) is 5.52. The highest BCUT2D eigenvalue weighted by atomic mass is 32.2. The summed E-state index contributed by atoms with van der Waals surface area (Å²) in [5.74, 6) is 1.39. The second-order valence-corrected chi connectivity index (χ2v) is 12.1. The molecule has 4 rings (SSSR count). The number of sulfonamides is 1. The van der Waals surface area contributed by atoms with Gasteiger partial charge in [0, 0.05) is 37.8 Å². The lowest BCUT2D eigenvalue weighted by atomic mass is 9.94. The fraction of sp³-hybridized carbons (Fsp3) is 0.720. The Hall–Kier alpha value is -1.44. The maximum Gasteiger partial charge on any atom is 0.253 e. The minimum Gasteiger partial charge on any atom is -0.338 e. The third-order valence-corrected chi connectivity index (χ3v) is 9.68. The highest BCUT2D eigenvalue weighted by Gasteiger charge is 2.31. The van der Waals surface area contributed by atoms with Crippen LogP contribution in [0.2, 0.25) is 0 Å². The summed E-state index contributed by atoms with van der Waals surface area (Å²) in [4.78, 5) is 18.0. The number of carbonyl (C=O) groups excluding carboxylic acids is 1. The van der Waals surface area contributed by atoms with Gasteiger partial charge in [-0.1, -0.05) is 13.3 Å². The SMILES string of the molecule is CC1CCN(C[C@H]2CCCN(C(=O)c3ccc(S(=O)(=O)N4CCCC[C@H]4C)cc3)C2)CC1. The van der Waals surface area contributed by atoms with Crippen molar-refractivity contribution in [3.63, 3.8) is 0 Å². The first-order valence-corrected chi connectivity index (χ1v) is 13.9. The molecule has 3 saturated heterocycles. The van der Waals surface area contributed by atoms with E-state index in [-0.39, 0.29) is 11.9 Å². The summed E-state index contributed by atoms with van der Waals surface area (Å²) in [6.07, 6.45) is 7.67. The summed E-state index contributed by atoms with van der Waals surface area (Å²) >= 11 is 0. The summed E-state index contributed by atoms with van der Waals surface area (Å²) in [5.41, 5.74) is 0.586. The molecule has 3 aliphatic rings. The Labute approximate surface area is 194 Å².